The standard InChI is InChI=1S/C16H18N2O2/c1-3-9-18(14-7-5-4-6-8-14)12-13-10-15(17-11-13)16(19)20-2/h3-8,10-11,17H,1,9,12H2,2H3. The predicted molar refractivity (Wildman–Crippen MR) is 79.8 cm³/mol. The van der Waals surface area contributed by atoms with E-state index in [1.165, 1.54) is 7.11 Å². The molecule has 104 valence electrons. The Kier molecular flexibility index (Phi) is 4.60. The number of carbonyl (C=O) groups is 1. The minimum absolute atomic E-state index is 0.355. The molecule has 0 amide bonds. The largest absolute Gasteiger partial charge is 0.464 e. The Labute approximate surface area is 118 Å². The van der Waals surface area contributed by atoms with Gasteiger partial charge in [-0.15, -0.1) is 6.58 Å². The molecular formula is C16H18N2O2. The number of nitrogens with zero attached hydrogens (tertiary/aromatic N) is 1. The van der Waals surface area contributed by atoms with E-state index >= 15 is 0 Å². The first-order valence-corrected chi connectivity index (χ1v) is 6.41. The van der Waals surface area contributed by atoms with Gasteiger partial charge in [-0.1, -0.05) is 24.3 Å². The molecule has 0 aliphatic heterocycles. The van der Waals surface area contributed by atoms with Crippen molar-refractivity contribution in [2.45, 2.75) is 6.54 Å². The molecule has 4 heteroatoms. The summed E-state index contributed by atoms with van der Waals surface area (Å²) in [5.41, 5.74) is 2.61. The van der Waals surface area contributed by atoms with E-state index in [1.54, 1.807) is 0 Å². The van der Waals surface area contributed by atoms with Crippen LogP contribution in [0.2, 0.25) is 0 Å². The van der Waals surface area contributed by atoms with Crippen molar-refractivity contribution in [2.24, 2.45) is 0 Å². The number of aromatic nitrogens is 1. The lowest BCUT2D eigenvalue weighted by atomic mass is 10.2. The number of anilines is 1. The Morgan fingerprint density at radius 2 is 2.15 bits per heavy atom. The van der Waals surface area contributed by atoms with Gasteiger partial charge in [-0.3, -0.25) is 0 Å². The van der Waals surface area contributed by atoms with Gasteiger partial charge in [-0.25, -0.2) is 4.79 Å². The van der Waals surface area contributed by atoms with Crippen molar-refractivity contribution in [2.75, 3.05) is 18.6 Å². The zero-order valence-electron chi connectivity index (χ0n) is 11.5. The van der Waals surface area contributed by atoms with Crippen molar-refractivity contribution in [3.05, 3.63) is 66.5 Å². The molecule has 4 nitrogen and oxygen atoms in total. The van der Waals surface area contributed by atoms with E-state index < -0.39 is 0 Å². The lowest BCUT2D eigenvalue weighted by molar-refractivity contribution is 0.0595. The van der Waals surface area contributed by atoms with Crippen molar-refractivity contribution < 1.29 is 9.53 Å². The topological polar surface area (TPSA) is 45.3 Å². The first-order chi connectivity index (χ1) is 9.74. The summed E-state index contributed by atoms with van der Waals surface area (Å²) < 4.78 is 4.69. The molecule has 2 rings (SSSR count). The van der Waals surface area contributed by atoms with Crippen LogP contribution in [0.25, 0.3) is 0 Å². The fourth-order valence-corrected chi connectivity index (χ4v) is 2.03. The summed E-state index contributed by atoms with van der Waals surface area (Å²) in [5.74, 6) is -0.355. The van der Waals surface area contributed by atoms with Crippen LogP contribution < -0.4 is 4.90 Å². The molecule has 2 aromatic rings. The summed E-state index contributed by atoms with van der Waals surface area (Å²) in [5, 5.41) is 0. The van der Waals surface area contributed by atoms with E-state index in [0.29, 0.717) is 12.2 Å². The van der Waals surface area contributed by atoms with Gasteiger partial charge >= 0.3 is 5.97 Å². The maximum Gasteiger partial charge on any atom is 0.354 e. The summed E-state index contributed by atoms with van der Waals surface area (Å²) in [6, 6.07) is 11.9. The second-order valence-electron chi connectivity index (χ2n) is 4.42. The van der Waals surface area contributed by atoms with E-state index in [1.807, 2.05) is 36.5 Å². The van der Waals surface area contributed by atoms with Crippen LogP contribution in [0.3, 0.4) is 0 Å². The van der Waals surface area contributed by atoms with Gasteiger partial charge in [0.25, 0.3) is 0 Å². The molecule has 1 aromatic heterocycles. The molecule has 0 aliphatic rings. The highest BCUT2D eigenvalue weighted by atomic mass is 16.5. The predicted octanol–water partition coefficient (Wildman–Crippen LogP) is 2.99. The van der Waals surface area contributed by atoms with Gasteiger partial charge in [0.15, 0.2) is 0 Å². The number of rotatable bonds is 6. The van der Waals surface area contributed by atoms with Gasteiger partial charge < -0.3 is 14.6 Å². The number of hydrogen-bond acceptors (Lipinski definition) is 3. The average molecular weight is 270 g/mol. The van der Waals surface area contributed by atoms with Crippen LogP contribution in [0.5, 0.6) is 0 Å². The van der Waals surface area contributed by atoms with Crippen molar-refractivity contribution in [3.63, 3.8) is 0 Å². The molecule has 0 unspecified atom stereocenters. The summed E-state index contributed by atoms with van der Waals surface area (Å²) in [6.07, 6.45) is 3.69. The molecular weight excluding hydrogens is 252 g/mol. The number of nitrogens with one attached hydrogen (secondary N) is 1. The molecule has 0 aliphatic carbocycles. The van der Waals surface area contributed by atoms with Gasteiger partial charge in [0.1, 0.15) is 5.69 Å². The smallest absolute Gasteiger partial charge is 0.354 e. The molecule has 0 radical (unpaired) electrons. The molecule has 0 fully saturated rings. The van der Waals surface area contributed by atoms with Crippen molar-refractivity contribution in [1.29, 1.82) is 0 Å². The highest BCUT2D eigenvalue weighted by Crippen LogP contribution is 2.17. The fourth-order valence-electron chi connectivity index (χ4n) is 2.03. The Hall–Kier alpha value is -2.49. The van der Waals surface area contributed by atoms with Crippen LogP contribution >= 0.6 is 0 Å². The molecule has 1 aromatic carbocycles. The molecule has 0 atom stereocenters. The quantitative estimate of drug-likeness (QED) is 0.648. The third kappa shape index (κ3) is 3.29. The Balaban J connectivity index is 2.14. The minimum atomic E-state index is -0.355. The van der Waals surface area contributed by atoms with Gasteiger partial charge in [-0.05, 0) is 23.8 Å². The Morgan fingerprint density at radius 3 is 2.80 bits per heavy atom. The van der Waals surface area contributed by atoms with E-state index in [4.69, 9.17) is 0 Å². The lowest BCUT2D eigenvalue weighted by Crippen LogP contribution is -2.22. The minimum Gasteiger partial charge on any atom is -0.464 e. The van der Waals surface area contributed by atoms with Crippen molar-refractivity contribution >= 4 is 11.7 Å². The maximum atomic E-state index is 11.4. The highest BCUT2D eigenvalue weighted by Gasteiger charge is 2.11. The summed E-state index contributed by atoms with van der Waals surface area (Å²) in [7, 11) is 1.37. The molecule has 0 spiro atoms. The van der Waals surface area contributed by atoms with E-state index in [2.05, 4.69) is 33.3 Å². The number of para-hydroxylation sites is 1. The van der Waals surface area contributed by atoms with Crippen LogP contribution in [0.15, 0.2) is 55.3 Å². The van der Waals surface area contributed by atoms with Gasteiger partial charge in [0.2, 0.25) is 0 Å². The number of esters is 1. The van der Waals surface area contributed by atoms with Crippen LogP contribution in [-0.2, 0) is 11.3 Å². The number of carbonyl (C=O) groups excluding carboxylic acids is 1. The first-order valence-electron chi connectivity index (χ1n) is 6.41. The van der Waals surface area contributed by atoms with Gasteiger partial charge in [-0.2, -0.15) is 0 Å². The zero-order valence-corrected chi connectivity index (χ0v) is 11.5. The highest BCUT2D eigenvalue weighted by molar-refractivity contribution is 5.87. The van der Waals surface area contributed by atoms with Crippen molar-refractivity contribution in [3.8, 4) is 0 Å². The third-order valence-corrected chi connectivity index (χ3v) is 2.99. The number of aromatic amines is 1. The van der Waals surface area contributed by atoms with Gasteiger partial charge in [0, 0.05) is 25.0 Å². The number of methoxy groups -OCH3 is 1. The summed E-state index contributed by atoms with van der Waals surface area (Å²) in [4.78, 5) is 16.5. The third-order valence-electron chi connectivity index (χ3n) is 2.99. The van der Waals surface area contributed by atoms with E-state index in [9.17, 15) is 4.79 Å². The zero-order chi connectivity index (χ0) is 14.4. The second-order valence-corrected chi connectivity index (χ2v) is 4.42. The molecule has 1 heterocycles. The molecule has 0 bridgehead atoms. The number of ether oxygens (including phenoxy) is 1. The van der Waals surface area contributed by atoms with Crippen LogP contribution in [0.1, 0.15) is 16.1 Å². The van der Waals surface area contributed by atoms with Gasteiger partial charge in [0.05, 0.1) is 7.11 Å². The Morgan fingerprint density at radius 1 is 1.40 bits per heavy atom. The second kappa shape index (κ2) is 6.61. The van der Waals surface area contributed by atoms with E-state index in [-0.39, 0.29) is 5.97 Å². The summed E-state index contributed by atoms with van der Waals surface area (Å²) in [6.45, 7) is 5.23. The fraction of sp³-hybridized carbons (Fsp3) is 0.188. The number of benzene rings is 1. The van der Waals surface area contributed by atoms with E-state index in [0.717, 1.165) is 17.8 Å². The van der Waals surface area contributed by atoms with Crippen LogP contribution in [-0.4, -0.2) is 24.6 Å². The SMILES string of the molecule is C=CCN(Cc1c[nH]c(C(=O)OC)c1)c1ccccc1. The van der Waals surface area contributed by atoms with Crippen LogP contribution in [0, 0.1) is 0 Å². The first kappa shape index (κ1) is 13.9. The molecule has 1 N–H and O–H groups in total. The maximum absolute atomic E-state index is 11.4. The number of hydrogen-bond donors (Lipinski definition) is 1. The monoisotopic (exact) mass is 270 g/mol. The molecule has 0 saturated carbocycles. The average Bonchev–Trinajstić information content (AvgIpc) is 2.95. The normalized spacial score (nSPS) is 10.1. The molecule has 0 saturated heterocycles. The number of H-pyrrole nitrogens is 1. The van der Waals surface area contributed by atoms with Crippen molar-refractivity contribution in [1.82, 2.24) is 4.98 Å². The lowest BCUT2D eigenvalue weighted by Gasteiger charge is -2.22. The summed E-state index contributed by atoms with van der Waals surface area (Å²) >= 11 is 0. The Bertz CT molecular complexity index is 575. The molecule has 20 heavy (non-hydrogen) atoms. The van der Waals surface area contributed by atoms with Crippen LogP contribution in [0.4, 0.5) is 5.69 Å².